The number of cyclic esters (lactones) is 1. The van der Waals surface area contributed by atoms with Crippen LogP contribution in [-0.2, 0) is 9.53 Å². The van der Waals surface area contributed by atoms with E-state index in [0.29, 0.717) is 17.2 Å². The molecule has 4 nitrogen and oxygen atoms in total. The summed E-state index contributed by atoms with van der Waals surface area (Å²) in [5.74, 6) is 0.444. The molecule has 2 aromatic rings. The number of carbonyl (C=O) groups excluding carboxylic acids is 1. The smallest absolute Gasteiger partial charge is 0.363 e. The molecular formula is C21H20ClNO3. The first-order chi connectivity index (χ1) is 12.7. The highest BCUT2D eigenvalue weighted by atomic mass is 35.5. The highest BCUT2D eigenvalue weighted by molar-refractivity contribution is 6.34. The van der Waals surface area contributed by atoms with Crippen molar-refractivity contribution in [2.45, 2.75) is 26.2 Å². The van der Waals surface area contributed by atoms with Crippen LogP contribution in [0.5, 0.6) is 5.75 Å². The third kappa shape index (κ3) is 4.33. The van der Waals surface area contributed by atoms with E-state index in [1.807, 2.05) is 36.4 Å². The minimum Gasteiger partial charge on any atom is -0.493 e. The second-order valence-corrected chi connectivity index (χ2v) is 6.32. The number of hydrogen-bond acceptors (Lipinski definition) is 4. The van der Waals surface area contributed by atoms with Gasteiger partial charge >= 0.3 is 5.97 Å². The largest absolute Gasteiger partial charge is 0.493 e. The summed E-state index contributed by atoms with van der Waals surface area (Å²) in [6.45, 7) is 2.80. The molecule has 0 saturated carbocycles. The van der Waals surface area contributed by atoms with Gasteiger partial charge in [-0.1, -0.05) is 61.7 Å². The lowest BCUT2D eigenvalue weighted by Gasteiger charge is -2.08. The summed E-state index contributed by atoms with van der Waals surface area (Å²) in [6.07, 6.45) is 4.95. The van der Waals surface area contributed by atoms with E-state index in [4.69, 9.17) is 21.1 Å². The summed E-state index contributed by atoms with van der Waals surface area (Å²) in [6, 6.07) is 14.7. The van der Waals surface area contributed by atoms with Crippen LogP contribution in [0.1, 0.15) is 37.3 Å². The van der Waals surface area contributed by atoms with Crippen LogP contribution < -0.4 is 4.74 Å². The van der Waals surface area contributed by atoms with E-state index in [0.717, 1.165) is 30.6 Å². The van der Waals surface area contributed by atoms with Gasteiger partial charge in [0.1, 0.15) is 5.75 Å². The van der Waals surface area contributed by atoms with Crippen molar-refractivity contribution in [1.29, 1.82) is 0 Å². The second-order valence-electron chi connectivity index (χ2n) is 5.91. The molecule has 0 fully saturated rings. The topological polar surface area (TPSA) is 47.9 Å². The molecule has 0 amide bonds. The maximum Gasteiger partial charge on any atom is 0.363 e. The number of benzene rings is 2. The molecule has 0 aliphatic carbocycles. The summed E-state index contributed by atoms with van der Waals surface area (Å²) in [5, 5.41) is 0.486. The van der Waals surface area contributed by atoms with Gasteiger partial charge in [-0.25, -0.2) is 9.79 Å². The number of aliphatic imine (C=N–C) groups is 1. The summed E-state index contributed by atoms with van der Waals surface area (Å²) >= 11 is 6.16. The fraction of sp³-hybridized carbons (Fsp3) is 0.238. The molecule has 0 bridgehead atoms. The van der Waals surface area contributed by atoms with Gasteiger partial charge in [0.15, 0.2) is 5.70 Å². The monoisotopic (exact) mass is 369 g/mol. The van der Waals surface area contributed by atoms with Crippen LogP contribution in [0.4, 0.5) is 0 Å². The zero-order valence-corrected chi connectivity index (χ0v) is 15.3. The Hall–Kier alpha value is -2.59. The zero-order valence-electron chi connectivity index (χ0n) is 14.6. The first-order valence-electron chi connectivity index (χ1n) is 8.68. The van der Waals surface area contributed by atoms with Gasteiger partial charge in [0.25, 0.3) is 0 Å². The number of para-hydroxylation sites is 1. The quantitative estimate of drug-likeness (QED) is 0.380. The van der Waals surface area contributed by atoms with E-state index >= 15 is 0 Å². The number of halogens is 1. The highest BCUT2D eigenvalue weighted by Gasteiger charge is 2.25. The van der Waals surface area contributed by atoms with E-state index in [1.54, 1.807) is 18.2 Å². The maximum atomic E-state index is 12.2. The molecule has 26 heavy (non-hydrogen) atoms. The molecule has 134 valence electrons. The average molecular weight is 370 g/mol. The molecule has 0 aromatic heterocycles. The lowest BCUT2D eigenvalue weighted by atomic mass is 10.1. The van der Waals surface area contributed by atoms with Crippen LogP contribution >= 0.6 is 11.6 Å². The van der Waals surface area contributed by atoms with Crippen molar-refractivity contribution in [3.63, 3.8) is 0 Å². The van der Waals surface area contributed by atoms with Crippen molar-refractivity contribution < 1.29 is 14.3 Å². The Balaban J connectivity index is 1.84. The summed E-state index contributed by atoms with van der Waals surface area (Å²) in [7, 11) is 0. The molecule has 1 heterocycles. The maximum absolute atomic E-state index is 12.2. The van der Waals surface area contributed by atoms with Gasteiger partial charge in [0.05, 0.1) is 17.2 Å². The number of nitrogens with zero attached hydrogens (tertiary/aromatic N) is 1. The lowest BCUT2D eigenvalue weighted by Crippen LogP contribution is -2.05. The Kier molecular flexibility index (Phi) is 6.08. The van der Waals surface area contributed by atoms with E-state index in [9.17, 15) is 4.79 Å². The minimum absolute atomic E-state index is 0.216. The zero-order chi connectivity index (χ0) is 18.4. The predicted molar refractivity (Wildman–Crippen MR) is 104 cm³/mol. The number of carbonyl (C=O) groups is 1. The Morgan fingerprint density at radius 3 is 2.69 bits per heavy atom. The number of rotatable bonds is 7. The van der Waals surface area contributed by atoms with Crippen molar-refractivity contribution in [3.8, 4) is 5.75 Å². The van der Waals surface area contributed by atoms with Gasteiger partial charge in [0.2, 0.25) is 5.90 Å². The summed E-state index contributed by atoms with van der Waals surface area (Å²) in [5.41, 5.74) is 1.61. The number of esters is 1. The fourth-order valence-electron chi connectivity index (χ4n) is 2.57. The molecule has 0 N–H and O–H groups in total. The van der Waals surface area contributed by atoms with Crippen LogP contribution in [0.15, 0.2) is 59.2 Å². The van der Waals surface area contributed by atoms with E-state index in [2.05, 4.69) is 11.9 Å². The number of unbranched alkanes of at least 4 members (excludes halogenated alkanes) is 2. The molecule has 0 unspecified atom stereocenters. The second kappa shape index (κ2) is 8.68. The van der Waals surface area contributed by atoms with Crippen LogP contribution in [0, 0.1) is 0 Å². The molecular weight excluding hydrogens is 350 g/mol. The van der Waals surface area contributed by atoms with Gasteiger partial charge in [-0.05, 0) is 30.7 Å². The minimum atomic E-state index is -0.499. The molecule has 0 atom stereocenters. The fourth-order valence-corrected chi connectivity index (χ4v) is 2.79. The average Bonchev–Trinajstić information content (AvgIpc) is 3.01. The van der Waals surface area contributed by atoms with Crippen molar-refractivity contribution in [1.82, 2.24) is 0 Å². The van der Waals surface area contributed by atoms with Crippen molar-refractivity contribution in [3.05, 3.63) is 70.4 Å². The van der Waals surface area contributed by atoms with E-state index < -0.39 is 5.97 Å². The third-order valence-corrected chi connectivity index (χ3v) is 4.27. The molecule has 5 heteroatoms. The van der Waals surface area contributed by atoms with Gasteiger partial charge < -0.3 is 9.47 Å². The van der Waals surface area contributed by atoms with Gasteiger partial charge in [-0.3, -0.25) is 0 Å². The summed E-state index contributed by atoms with van der Waals surface area (Å²) in [4.78, 5) is 16.5. The van der Waals surface area contributed by atoms with Gasteiger partial charge in [-0.2, -0.15) is 0 Å². The van der Waals surface area contributed by atoms with Crippen LogP contribution in [0.3, 0.4) is 0 Å². The lowest BCUT2D eigenvalue weighted by molar-refractivity contribution is -0.129. The number of hydrogen-bond donors (Lipinski definition) is 0. The SMILES string of the molecule is CCCCCOc1ccccc1/C=C1\N=C(c2ccccc2Cl)OC1=O. The van der Waals surface area contributed by atoms with Gasteiger partial charge in [-0.15, -0.1) is 0 Å². The third-order valence-electron chi connectivity index (χ3n) is 3.94. The Morgan fingerprint density at radius 1 is 1.12 bits per heavy atom. The highest BCUT2D eigenvalue weighted by Crippen LogP contribution is 2.26. The Bertz CT molecular complexity index is 858. The summed E-state index contributed by atoms with van der Waals surface area (Å²) < 4.78 is 11.1. The molecule has 3 rings (SSSR count). The predicted octanol–water partition coefficient (Wildman–Crippen LogP) is 5.25. The Labute approximate surface area is 158 Å². The molecule has 1 aliphatic rings. The molecule has 1 aliphatic heterocycles. The Morgan fingerprint density at radius 2 is 1.88 bits per heavy atom. The van der Waals surface area contributed by atoms with Crippen molar-refractivity contribution in [2.75, 3.05) is 6.61 Å². The first kappa shape index (κ1) is 18.2. The number of ether oxygens (including phenoxy) is 2. The molecule has 0 saturated heterocycles. The van der Waals surface area contributed by atoms with Crippen molar-refractivity contribution in [2.24, 2.45) is 4.99 Å². The van der Waals surface area contributed by atoms with Crippen LogP contribution in [0.2, 0.25) is 5.02 Å². The first-order valence-corrected chi connectivity index (χ1v) is 9.06. The molecule has 0 radical (unpaired) electrons. The standard InChI is InChI=1S/C21H20ClNO3/c1-2-3-8-13-25-19-12-7-4-9-15(19)14-18-21(24)26-20(23-18)16-10-5-6-11-17(16)22/h4-7,9-12,14H,2-3,8,13H2,1H3/b18-14-. The normalized spacial score (nSPS) is 15.1. The molecule has 2 aromatic carbocycles. The van der Waals surface area contributed by atoms with Crippen LogP contribution in [0.25, 0.3) is 6.08 Å². The van der Waals surface area contributed by atoms with Crippen molar-refractivity contribution >= 4 is 29.5 Å². The molecule has 0 spiro atoms. The van der Waals surface area contributed by atoms with Gasteiger partial charge in [0, 0.05) is 5.56 Å². The van der Waals surface area contributed by atoms with Crippen LogP contribution in [-0.4, -0.2) is 18.5 Å². The van der Waals surface area contributed by atoms with E-state index in [1.165, 1.54) is 0 Å². The van der Waals surface area contributed by atoms with E-state index in [-0.39, 0.29) is 11.6 Å².